The molecule has 4 heteroatoms. The molecule has 4 aliphatic carbocycles. The van der Waals surface area contributed by atoms with Gasteiger partial charge in [-0.15, -0.1) is 0 Å². The molecule has 0 unspecified atom stereocenters. The number of fused-ring (bicyclic) bond motifs is 5. The number of ketones is 2. The van der Waals surface area contributed by atoms with Crippen LogP contribution in [0, 0.1) is 28.6 Å². The summed E-state index contributed by atoms with van der Waals surface area (Å²) in [7, 11) is 0. The van der Waals surface area contributed by atoms with Gasteiger partial charge in [-0.1, -0.05) is 25.5 Å². The maximum absolute atomic E-state index is 12.4. The van der Waals surface area contributed by atoms with Gasteiger partial charge in [-0.3, -0.25) is 9.59 Å². The summed E-state index contributed by atoms with van der Waals surface area (Å²) in [6.45, 7) is 5.77. The summed E-state index contributed by atoms with van der Waals surface area (Å²) in [5, 5.41) is 22.1. The van der Waals surface area contributed by atoms with E-state index in [9.17, 15) is 19.8 Å². The predicted molar refractivity (Wildman–Crippen MR) is 93.6 cm³/mol. The number of Topliss-reactive ketones (excluding diaryl/α,β-unsaturated/α-hetero) is 1. The van der Waals surface area contributed by atoms with Gasteiger partial charge in [0, 0.05) is 23.2 Å². The van der Waals surface area contributed by atoms with Crippen molar-refractivity contribution in [1.82, 2.24) is 0 Å². The summed E-state index contributed by atoms with van der Waals surface area (Å²) in [6, 6.07) is 0. The molecule has 0 bridgehead atoms. The van der Waals surface area contributed by atoms with E-state index in [1.54, 1.807) is 19.1 Å². The fraction of sp³-hybridized carbons (Fsp3) is 0.714. The summed E-state index contributed by atoms with van der Waals surface area (Å²) in [6.07, 6.45) is 8.18. The molecule has 0 aromatic rings. The van der Waals surface area contributed by atoms with Crippen LogP contribution < -0.4 is 0 Å². The van der Waals surface area contributed by atoms with Gasteiger partial charge in [0.05, 0.1) is 6.10 Å². The van der Waals surface area contributed by atoms with Crippen molar-refractivity contribution in [2.45, 2.75) is 64.6 Å². The van der Waals surface area contributed by atoms with Crippen molar-refractivity contribution >= 4 is 11.6 Å². The minimum atomic E-state index is -1.38. The second kappa shape index (κ2) is 5.14. The van der Waals surface area contributed by atoms with E-state index in [-0.39, 0.29) is 34.7 Å². The fourth-order valence-electron chi connectivity index (χ4n) is 6.61. The third-order valence-corrected chi connectivity index (χ3v) is 8.22. The molecular formula is C21H28O4. The van der Waals surface area contributed by atoms with Crippen LogP contribution in [0.25, 0.3) is 0 Å². The topological polar surface area (TPSA) is 74.6 Å². The molecule has 0 aromatic heterocycles. The Labute approximate surface area is 149 Å². The van der Waals surface area contributed by atoms with E-state index in [2.05, 4.69) is 6.92 Å². The van der Waals surface area contributed by atoms with Gasteiger partial charge in [0.1, 0.15) is 5.60 Å². The molecular weight excluding hydrogens is 316 g/mol. The number of rotatable bonds is 0. The summed E-state index contributed by atoms with van der Waals surface area (Å²) in [5.74, 6) is 0.459. The Morgan fingerprint density at radius 3 is 2.56 bits per heavy atom. The Bertz CT molecular complexity index is 703. The molecule has 4 nitrogen and oxygen atoms in total. The highest BCUT2D eigenvalue weighted by atomic mass is 16.3. The van der Waals surface area contributed by atoms with E-state index >= 15 is 0 Å². The number of allylic oxidation sites excluding steroid dienone is 4. The highest BCUT2D eigenvalue weighted by molar-refractivity contribution is 6.01. The van der Waals surface area contributed by atoms with Gasteiger partial charge in [0.15, 0.2) is 11.6 Å². The first-order valence-electron chi connectivity index (χ1n) is 9.49. The van der Waals surface area contributed by atoms with Crippen molar-refractivity contribution < 1.29 is 19.8 Å². The minimum Gasteiger partial charge on any atom is -0.393 e. The lowest BCUT2D eigenvalue weighted by molar-refractivity contribution is -0.206. The molecule has 0 aliphatic heterocycles. The number of carbonyl (C=O) groups is 2. The summed E-state index contributed by atoms with van der Waals surface area (Å²) < 4.78 is 0. The molecule has 4 rings (SSSR count). The Morgan fingerprint density at radius 1 is 1.12 bits per heavy atom. The lowest BCUT2D eigenvalue weighted by atomic mass is 9.42. The number of hydrogen-bond acceptors (Lipinski definition) is 4. The summed E-state index contributed by atoms with van der Waals surface area (Å²) >= 11 is 0. The van der Waals surface area contributed by atoms with E-state index in [4.69, 9.17) is 0 Å². The molecule has 136 valence electrons. The fourth-order valence-corrected chi connectivity index (χ4v) is 6.61. The van der Waals surface area contributed by atoms with Gasteiger partial charge in [0.25, 0.3) is 0 Å². The number of aliphatic hydroxyl groups is 2. The van der Waals surface area contributed by atoms with Gasteiger partial charge in [-0.05, 0) is 56.6 Å². The van der Waals surface area contributed by atoms with Crippen LogP contribution in [0.15, 0.2) is 23.8 Å². The Kier molecular flexibility index (Phi) is 3.53. The molecule has 3 fully saturated rings. The van der Waals surface area contributed by atoms with Gasteiger partial charge in [0.2, 0.25) is 0 Å². The van der Waals surface area contributed by atoms with Gasteiger partial charge < -0.3 is 10.2 Å². The van der Waals surface area contributed by atoms with Crippen LogP contribution in [0.5, 0.6) is 0 Å². The average Bonchev–Trinajstić information content (AvgIpc) is 2.52. The first-order chi connectivity index (χ1) is 11.6. The lowest BCUT2D eigenvalue weighted by Crippen LogP contribution is -2.66. The van der Waals surface area contributed by atoms with Crippen LogP contribution in [-0.4, -0.2) is 33.5 Å². The standard InChI is InChI=1S/C21H28O4/c1-19-9-8-13(22)10-12(19)4-5-14-15-6-7-17(24)21(3,25)20(15,2)11-16(23)18(14)19/h8-10,14-16,18,23,25H,4-7,11H2,1-3H3/t14-,15-,16-,18+,19-,20-,21+/m0/s1. The maximum atomic E-state index is 12.4. The normalized spacial score (nSPS) is 52.1. The minimum absolute atomic E-state index is 0.0345. The third-order valence-electron chi connectivity index (χ3n) is 8.22. The van der Waals surface area contributed by atoms with Crippen LogP contribution in [0.1, 0.15) is 52.9 Å². The zero-order valence-electron chi connectivity index (χ0n) is 15.3. The number of carbonyl (C=O) groups excluding carboxylic acids is 2. The van der Waals surface area contributed by atoms with Crippen molar-refractivity contribution in [1.29, 1.82) is 0 Å². The molecule has 0 spiro atoms. The molecule has 4 aliphatic rings. The number of aliphatic hydroxyl groups excluding tert-OH is 1. The first kappa shape index (κ1) is 17.2. The van der Waals surface area contributed by atoms with Crippen molar-refractivity contribution in [2.24, 2.45) is 28.6 Å². The van der Waals surface area contributed by atoms with E-state index in [0.29, 0.717) is 12.8 Å². The van der Waals surface area contributed by atoms with Crippen LogP contribution in [0.3, 0.4) is 0 Å². The highest BCUT2D eigenvalue weighted by Crippen LogP contribution is 2.64. The summed E-state index contributed by atoms with van der Waals surface area (Å²) in [4.78, 5) is 24.2. The first-order valence-corrected chi connectivity index (χ1v) is 9.49. The average molecular weight is 344 g/mol. The van der Waals surface area contributed by atoms with Gasteiger partial charge >= 0.3 is 0 Å². The van der Waals surface area contributed by atoms with Gasteiger partial charge in [-0.2, -0.15) is 0 Å². The maximum Gasteiger partial charge on any atom is 0.178 e. The smallest absolute Gasteiger partial charge is 0.178 e. The van der Waals surface area contributed by atoms with Crippen molar-refractivity contribution in [3.63, 3.8) is 0 Å². The quantitative estimate of drug-likeness (QED) is 0.708. The molecule has 0 heterocycles. The van der Waals surface area contributed by atoms with Gasteiger partial charge in [-0.25, -0.2) is 0 Å². The second-order valence-corrected chi connectivity index (χ2v) is 9.25. The van der Waals surface area contributed by atoms with Crippen LogP contribution >= 0.6 is 0 Å². The van der Waals surface area contributed by atoms with Crippen LogP contribution in [0.2, 0.25) is 0 Å². The number of hydrogen-bond donors (Lipinski definition) is 2. The summed E-state index contributed by atoms with van der Waals surface area (Å²) in [5.41, 5.74) is -1.14. The van der Waals surface area contributed by atoms with E-state index in [1.807, 2.05) is 13.0 Å². The molecule has 3 saturated carbocycles. The zero-order valence-corrected chi connectivity index (χ0v) is 15.3. The second-order valence-electron chi connectivity index (χ2n) is 9.25. The molecule has 25 heavy (non-hydrogen) atoms. The van der Waals surface area contributed by atoms with E-state index in [1.165, 1.54) is 0 Å². The monoisotopic (exact) mass is 344 g/mol. The Hall–Kier alpha value is -1.26. The Balaban J connectivity index is 1.78. The van der Waals surface area contributed by atoms with Crippen LogP contribution in [0.4, 0.5) is 0 Å². The molecule has 0 amide bonds. The zero-order chi connectivity index (χ0) is 18.2. The van der Waals surface area contributed by atoms with Crippen molar-refractivity contribution in [3.05, 3.63) is 23.8 Å². The van der Waals surface area contributed by atoms with Crippen molar-refractivity contribution in [3.8, 4) is 0 Å². The molecule has 2 N–H and O–H groups in total. The van der Waals surface area contributed by atoms with Crippen LogP contribution in [-0.2, 0) is 9.59 Å². The van der Waals surface area contributed by atoms with Crippen molar-refractivity contribution in [2.75, 3.05) is 0 Å². The molecule has 0 saturated heterocycles. The van der Waals surface area contributed by atoms with E-state index < -0.39 is 17.1 Å². The lowest BCUT2D eigenvalue weighted by Gasteiger charge is -2.63. The molecule has 0 aromatic carbocycles. The van der Waals surface area contributed by atoms with E-state index in [0.717, 1.165) is 24.8 Å². The predicted octanol–water partition coefficient (Wildman–Crippen LogP) is 2.59. The third kappa shape index (κ3) is 2.07. The molecule has 7 atom stereocenters. The molecule has 0 radical (unpaired) electrons. The largest absolute Gasteiger partial charge is 0.393 e. The highest BCUT2D eigenvalue weighted by Gasteiger charge is 2.65. The SMILES string of the molecule is C[C@]12C=CC(=O)C=C1CC[C@@H]1[C@@H]2[C@@H](O)C[C@@]2(C)[C@H]1CCC(=O)[C@@]2(C)O. The Morgan fingerprint density at radius 2 is 1.84 bits per heavy atom.